The molecule has 0 amide bonds. The molecule has 7 heteroatoms. The van der Waals surface area contributed by atoms with Gasteiger partial charge in [-0.2, -0.15) is 4.39 Å². The van der Waals surface area contributed by atoms with E-state index in [4.69, 9.17) is 9.47 Å². The van der Waals surface area contributed by atoms with Crippen LogP contribution in [-0.4, -0.2) is 18.1 Å². The summed E-state index contributed by atoms with van der Waals surface area (Å²) in [5.41, 5.74) is -0.633. The van der Waals surface area contributed by atoms with Crippen molar-refractivity contribution in [1.82, 2.24) is 0 Å². The standard InChI is InChI=1S/C8H5BrFNO4/c9-6-7(10)4(11(12)13)3-5-8(6)15-2-1-14-5/h3H,1-2H2. The van der Waals surface area contributed by atoms with Crippen LogP contribution in [0.2, 0.25) is 0 Å². The molecule has 0 unspecified atom stereocenters. The van der Waals surface area contributed by atoms with Crippen LogP contribution in [0.5, 0.6) is 11.5 Å². The monoisotopic (exact) mass is 277 g/mol. The van der Waals surface area contributed by atoms with Gasteiger partial charge in [0, 0.05) is 0 Å². The third-order valence-electron chi connectivity index (χ3n) is 1.89. The third-order valence-corrected chi connectivity index (χ3v) is 2.60. The fraction of sp³-hybridized carbons (Fsp3) is 0.250. The molecule has 0 fully saturated rings. The van der Waals surface area contributed by atoms with E-state index >= 15 is 0 Å². The van der Waals surface area contributed by atoms with Crippen molar-refractivity contribution in [3.63, 3.8) is 0 Å². The molecule has 0 spiro atoms. The zero-order valence-corrected chi connectivity index (χ0v) is 8.91. The molecule has 2 rings (SSSR count). The first-order chi connectivity index (χ1) is 7.11. The van der Waals surface area contributed by atoms with E-state index in [9.17, 15) is 14.5 Å². The molecular weight excluding hydrogens is 273 g/mol. The summed E-state index contributed by atoms with van der Waals surface area (Å²) in [6.07, 6.45) is 0. The highest BCUT2D eigenvalue weighted by Gasteiger charge is 2.27. The van der Waals surface area contributed by atoms with E-state index in [1.165, 1.54) is 0 Å². The van der Waals surface area contributed by atoms with Gasteiger partial charge in [-0.15, -0.1) is 0 Å². The predicted octanol–water partition coefficient (Wildman–Crippen LogP) is 2.27. The predicted molar refractivity (Wildman–Crippen MR) is 51.7 cm³/mol. The first kappa shape index (κ1) is 10.2. The van der Waals surface area contributed by atoms with Crippen molar-refractivity contribution < 1.29 is 18.8 Å². The van der Waals surface area contributed by atoms with Gasteiger partial charge in [0.1, 0.15) is 17.7 Å². The molecule has 0 saturated heterocycles. The molecule has 1 aromatic carbocycles. The highest BCUT2D eigenvalue weighted by Crippen LogP contribution is 2.43. The van der Waals surface area contributed by atoms with Gasteiger partial charge in [0.05, 0.1) is 11.0 Å². The lowest BCUT2D eigenvalue weighted by Crippen LogP contribution is -2.16. The van der Waals surface area contributed by atoms with Crippen molar-refractivity contribution in [2.75, 3.05) is 13.2 Å². The van der Waals surface area contributed by atoms with E-state index < -0.39 is 16.4 Å². The Hall–Kier alpha value is -1.37. The Morgan fingerprint density at radius 2 is 2.13 bits per heavy atom. The van der Waals surface area contributed by atoms with Crippen LogP contribution in [0, 0.1) is 15.9 Å². The van der Waals surface area contributed by atoms with Gasteiger partial charge in [0.2, 0.25) is 5.82 Å². The molecule has 1 aliphatic rings. The second-order valence-electron chi connectivity index (χ2n) is 2.80. The van der Waals surface area contributed by atoms with Crippen LogP contribution < -0.4 is 9.47 Å². The summed E-state index contributed by atoms with van der Waals surface area (Å²) in [5.74, 6) is -0.602. The van der Waals surface area contributed by atoms with Crippen molar-refractivity contribution in [3.05, 3.63) is 26.5 Å². The molecule has 1 aromatic rings. The Morgan fingerprint density at radius 1 is 1.47 bits per heavy atom. The van der Waals surface area contributed by atoms with Gasteiger partial charge < -0.3 is 9.47 Å². The van der Waals surface area contributed by atoms with E-state index in [2.05, 4.69) is 15.9 Å². The topological polar surface area (TPSA) is 61.6 Å². The van der Waals surface area contributed by atoms with Crippen LogP contribution in [0.3, 0.4) is 0 Å². The lowest BCUT2D eigenvalue weighted by Gasteiger charge is -2.19. The molecule has 0 atom stereocenters. The number of rotatable bonds is 1. The van der Waals surface area contributed by atoms with E-state index in [0.29, 0.717) is 13.2 Å². The zero-order valence-electron chi connectivity index (χ0n) is 7.33. The van der Waals surface area contributed by atoms with Crippen molar-refractivity contribution in [1.29, 1.82) is 0 Å². The number of ether oxygens (including phenoxy) is 2. The molecule has 5 nitrogen and oxygen atoms in total. The summed E-state index contributed by atoms with van der Waals surface area (Å²) in [6, 6.07) is 1.02. The van der Waals surface area contributed by atoms with Gasteiger partial charge in [-0.3, -0.25) is 10.1 Å². The molecule has 0 saturated carbocycles. The maximum Gasteiger partial charge on any atom is 0.309 e. The van der Waals surface area contributed by atoms with Gasteiger partial charge in [-0.25, -0.2) is 0 Å². The first-order valence-corrected chi connectivity index (χ1v) is 4.82. The minimum atomic E-state index is -0.954. The SMILES string of the molecule is O=[N+]([O-])c1cc2c(c(Br)c1F)OCCO2. The van der Waals surface area contributed by atoms with Crippen LogP contribution in [0.4, 0.5) is 10.1 Å². The molecule has 0 aliphatic carbocycles. The fourth-order valence-electron chi connectivity index (χ4n) is 1.24. The van der Waals surface area contributed by atoms with E-state index in [0.717, 1.165) is 6.07 Å². The average Bonchev–Trinajstić information content (AvgIpc) is 2.23. The van der Waals surface area contributed by atoms with Gasteiger partial charge in [0.25, 0.3) is 0 Å². The zero-order chi connectivity index (χ0) is 11.0. The van der Waals surface area contributed by atoms with Crippen molar-refractivity contribution in [2.24, 2.45) is 0 Å². The minimum Gasteiger partial charge on any atom is -0.486 e. The van der Waals surface area contributed by atoms with Gasteiger partial charge in [0.15, 0.2) is 11.5 Å². The number of fused-ring (bicyclic) bond motifs is 1. The molecular formula is C8H5BrFNO4. The number of hydrogen-bond donors (Lipinski definition) is 0. The Morgan fingerprint density at radius 3 is 2.80 bits per heavy atom. The number of nitro groups is 1. The smallest absolute Gasteiger partial charge is 0.309 e. The molecule has 1 aliphatic heterocycles. The molecule has 1 heterocycles. The van der Waals surface area contributed by atoms with Gasteiger partial charge in [-0.05, 0) is 15.9 Å². The molecule has 15 heavy (non-hydrogen) atoms. The van der Waals surface area contributed by atoms with Gasteiger partial charge >= 0.3 is 5.69 Å². The Balaban J connectivity index is 2.63. The highest BCUT2D eigenvalue weighted by molar-refractivity contribution is 9.10. The van der Waals surface area contributed by atoms with Gasteiger partial charge in [-0.1, -0.05) is 0 Å². The summed E-state index contributed by atoms with van der Waals surface area (Å²) < 4.78 is 23.6. The van der Waals surface area contributed by atoms with E-state index in [-0.39, 0.29) is 16.0 Å². The summed E-state index contributed by atoms with van der Waals surface area (Å²) in [5, 5.41) is 10.5. The number of benzene rings is 1. The van der Waals surface area contributed by atoms with Crippen LogP contribution in [0.25, 0.3) is 0 Å². The van der Waals surface area contributed by atoms with Crippen LogP contribution in [0.1, 0.15) is 0 Å². The second-order valence-corrected chi connectivity index (χ2v) is 3.60. The summed E-state index contributed by atoms with van der Waals surface area (Å²) in [4.78, 5) is 9.70. The number of nitro benzene ring substituents is 1. The first-order valence-electron chi connectivity index (χ1n) is 4.03. The maximum absolute atomic E-state index is 13.4. The minimum absolute atomic E-state index is 0.0774. The number of hydrogen-bond acceptors (Lipinski definition) is 4. The molecule has 0 radical (unpaired) electrons. The average molecular weight is 278 g/mol. The van der Waals surface area contributed by atoms with E-state index in [1.54, 1.807) is 0 Å². The molecule has 80 valence electrons. The van der Waals surface area contributed by atoms with Crippen molar-refractivity contribution in [2.45, 2.75) is 0 Å². The summed E-state index contributed by atoms with van der Waals surface area (Å²) >= 11 is 2.90. The lowest BCUT2D eigenvalue weighted by atomic mass is 10.2. The highest BCUT2D eigenvalue weighted by atomic mass is 79.9. The number of halogens is 2. The maximum atomic E-state index is 13.4. The third kappa shape index (κ3) is 1.63. The van der Waals surface area contributed by atoms with Crippen molar-refractivity contribution in [3.8, 4) is 11.5 Å². The molecule has 0 bridgehead atoms. The Labute approximate surface area is 92.1 Å². The van der Waals surface area contributed by atoms with E-state index in [1.807, 2.05) is 0 Å². The Bertz CT molecular complexity index is 437. The summed E-state index contributed by atoms with van der Waals surface area (Å²) in [6.45, 7) is 0.588. The lowest BCUT2D eigenvalue weighted by molar-refractivity contribution is -0.387. The fourth-order valence-corrected chi connectivity index (χ4v) is 1.76. The largest absolute Gasteiger partial charge is 0.486 e. The molecule has 0 N–H and O–H groups in total. The van der Waals surface area contributed by atoms with Crippen LogP contribution >= 0.6 is 15.9 Å². The molecule has 0 aromatic heterocycles. The van der Waals surface area contributed by atoms with Crippen LogP contribution in [0.15, 0.2) is 10.5 Å². The second kappa shape index (κ2) is 3.65. The van der Waals surface area contributed by atoms with Crippen LogP contribution in [-0.2, 0) is 0 Å². The number of nitrogens with zero attached hydrogens (tertiary/aromatic N) is 1. The Kier molecular flexibility index (Phi) is 2.47. The quantitative estimate of drug-likeness (QED) is 0.584. The summed E-state index contributed by atoms with van der Waals surface area (Å²) in [7, 11) is 0. The van der Waals surface area contributed by atoms with Crippen molar-refractivity contribution >= 4 is 21.6 Å². The normalized spacial score (nSPS) is 13.7.